The molecule has 0 fully saturated rings. The van der Waals surface area contributed by atoms with E-state index in [4.69, 9.17) is 5.26 Å². The van der Waals surface area contributed by atoms with Crippen molar-refractivity contribution in [1.29, 1.82) is 5.26 Å². The maximum absolute atomic E-state index is 8.97. The molecule has 0 saturated heterocycles. The van der Waals surface area contributed by atoms with Gasteiger partial charge in [-0.25, -0.2) is 0 Å². The number of aromatic nitrogens is 1. The van der Waals surface area contributed by atoms with Gasteiger partial charge in [0.1, 0.15) is 0 Å². The smallest absolute Gasteiger partial charge is 0.0655 e. The Morgan fingerprint density at radius 1 is 1.47 bits per heavy atom. The molecule has 15 heavy (non-hydrogen) atoms. The van der Waals surface area contributed by atoms with Crippen LogP contribution in [0.25, 0.3) is 0 Å². The summed E-state index contributed by atoms with van der Waals surface area (Å²) in [5.74, 6) is 0.213. The first kappa shape index (κ1) is 11.7. The van der Waals surface area contributed by atoms with Crippen LogP contribution in [0.1, 0.15) is 38.2 Å². The zero-order valence-electron chi connectivity index (χ0n) is 9.32. The van der Waals surface area contributed by atoms with E-state index in [0.717, 1.165) is 25.7 Å². The quantitative estimate of drug-likeness (QED) is 0.709. The minimum Gasteiger partial charge on any atom is -0.264 e. The van der Waals surface area contributed by atoms with Crippen LogP contribution < -0.4 is 0 Å². The predicted octanol–water partition coefficient (Wildman–Crippen LogP) is 3.34. The summed E-state index contributed by atoms with van der Waals surface area (Å²) in [5, 5.41) is 8.97. The van der Waals surface area contributed by atoms with E-state index in [0.29, 0.717) is 0 Å². The van der Waals surface area contributed by atoms with Gasteiger partial charge >= 0.3 is 0 Å². The molecule has 2 nitrogen and oxygen atoms in total. The summed E-state index contributed by atoms with van der Waals surface area (Å²) in [7, 11) is 0. The lowest BCUT2D eigenvalue weighted by molar-refractivity contribution is 0.528. The molecule has 0 N–H and O–H groups in total. The van der Waals surface area contributed by atoms with Crippen molar-refractivity contribution in [3.8, 4) is 6.07 Å². The molecule has 0 saturated carbocycles. The standard InChI is InChI=1S/C13H18N2/c1-2-3-5-12(10-14)7-8-13-6-4-9-15-11-13/h4,6,9,11-12H,2-3,5,7-8H2,1H3. The summed E-state index contributed by atoms with van der Waals surface area (Å²) in [6.07, 6.45) is 8.96. The Labute approximate surface area is 92.0 Å². The van der Waals surface area contributed by atoms with E-state index in [1.165, 1.54) is 12.0 Å². The first-order valence-corrected chi connectivity index (χ1v) is 5.65. The summed E-state index contributed by atoms with van der Waals surface area (Å²) in [6, 6.07) is 6.40. The van der Waals surface area contributed by atoms with Gasteiger partial charge in [0.2, 0.25) is 0 Å². The Balaban J connectivity index is 2.32. The van der Waals surface area contributed by atoms with Crippen LogP contribution in [0.4, 0.5) is 0 Å². The highest BCUT2D eigenvalue weighted by molar-refractivity contribution is 5.08. The molecular weight excluding hydrogens is 184 g/mol. The number of pyridine rings is 1. The third kappa shape index (κ3) is 4.60. The molecule has 1 unspecified atom stereocenters. The third-order valence-electron chi connectivity index (χ3n) is 2.59. The normalized spacial score (nSPS) is 12.0. The summed E-state index contributed by atoms with van der Waals surface area (Å²) in [5.41, 5.74) is 1.23. The van der Waals surface area contributed by atoms with Gasteiger partial charge in [-0.15, -0.1) is 0 Å². The third-order valence-corrected chi connectivity index (χ3v) is 2.59. The van der Waals surface area contributed by atoms with Gasteiger partial charge in [0.15, 0.2) is 0 Å². The molecule has 1 atom stereocenters. The van der Waals surface area contributed by atoms with Crippen LogP contribution in [-0.4, -0.2) is 4.98 Å². The predicted molar refractivity (Wildman–Crippen MR) is 61.2 cm³/mol. The van der Waals surface area contributed by atoms with Crippen molar-refractivity contribution in [2.24, 2.45) is 5.92 Å². The van der Waals surface area contributed by atoms with Crippen molar-refractivity contribution >= 4 is 0 Å². The molecule has 0 radical (unpaired) electrons. The van der Waals surface area contributed by atoms with Crippen LogP contribution in [0.2, 0.25) is 0 Å². The van der Waals surface area contributed by atoms with Crippen molar-refractivity contribution in [3.05, 3.63) is 30.1 Å². The second-order valence-electron chi connectivity index (χ2n) is 3.87. The van der Waals surface area contributed by atoms with E-state index in [1.54, 1.807) is 6.20 Å². The minimum absolute atomic E-state index is 0.213. The molecule has 2 heteroatoms. The van der Waals surface area contributed by atoms with E-state index in [9.17, 15) is 0 Å². The summed E-state index contributed by atoms with van der Waals surface area (Å²) in [4.78, 5) is 4.07. The summed E-state index contributed by atoms with van der Waals surface area (Å²) < 4.78 is 0. The summed E-state index contributed by atoms with van der Waals surface area (Å²) >= 11 is 0. The maximum atomic E-state index is 8.97. The van der Waals surface area contributed by atoms with E-state index < -0.39 is 0 Å². The molecule has 0 aromatic carbocycles. The number of aryl methyl sites for hydroxylation is 1. The first-order chi connectivity index (χ1) is 7.36. The monoisotopic (exact) mass is 202 g/mol. The van der Waals surface area contributed by atoms with Crippen LogP contribution in [0, 0.1) is 17.2 Å². The number of rotatable bonds is 6. The molecule has 0 aliphatic heterocycles. The van der Waals surface area contributed by atoms with Crippen molar-refractivity contribution in [2.45, 2.75) is 39.0 Å². The maximum Gasteiger partial charge on any atom is 0.0655 e. The highest BCUT2D eigenvalue weighted by Gasteiger charge is 2.06. The van der Waals surface area contributed by atoms with Crippen LogP contribution in [0.15, 0.2) is 24.5 Å². The van der Waals surface area contributed by atoms with Gasteiger partial charge in [0, 0.05) is 18.3 Å². The molecule has 1 aromatic rings. The van der Waals surface area contributed by atoms with Gasteiger partial charge < -0.3 is 0 Å². The SMILES string of the molecule is CCCCC(C#N)CCc1cccnc1. The molecule has 1 aromatic heterocycles. The van der Waals surface area contributed by atoms with Gasteiger partial charge in [0.25, 0.3) is 0 Å². The van der Waals surface area contributed by atoms with Gasteiger partial charge in [0.05, 0.1) is 6.07 Å². The van der Waals surface area contributed by atoms with E-state index in [1.807, 2.05) is 12.3 Å². The fourth-order valence-electron chi connectivity index (χ4n) is 1.61. The number of nitriles is 1. The van der Waals surface area contributed by atoms with Crippen molar-refractivity contribution < 1.29 is 0 Å². The largest absolute Gasteiger partial charge is 0.264 e. The molecule has 0 aliphatic rings. The lowest BCUT2D eigenvalue weighted by Gasteiger charge is -2.07. The average Bonchev–Trinajstić information content (AvgIpc) is 2.31. The molecule has 1 rings (SSSR count). The Bertz CT molecular complexity index is 300. The van der Waals surface area contributed by atoms with Gasteiger partial charge in [-0.1, -0.05) is 25.8 Å². The molecule has 0 aliphatic carbocycles. The van der Waals surface area contributed by atoms with Crippen LogP contribution >= 0.6 is 0 Å². The Morgan fingerprint density at radius 3 is 2.93 bits per heavy atom. The number of unbranched alkanes of at least 4 members (excludes halogenated alkanes) is 1. The second-order valence-corrected chi connectivity index (χ2v) is 3.87. The minimum atomic E-state index is 0.213. The second kappa shape index (κ2) is 7.00. The molecule has 80 valence electrons. The Kier molecular flexibility index (Phi) is 5.47. The molecule has 0 amide bonds. The van der Waals surface area contributed by atoms with Crippen molar-refractivity contribution in [3.63, 3.8) is 0 Å². The number of hydrogen-bond donors (Lipinski definition) is 0. The number of nitrogens with zero attached hydrogens (tertiary/aromatic N) is 2. The van der Waals surface area contributed by atoms with Gasteiger partial charge in [-0.05, 0) is 30.9 Å². The van der Waals surface area contributed by atoms with Gasteiger partial charge in [-0.3, -0.25) is 4.98 Å². The van der Waals surface area contributed by atoms with E-state index >= 15 is 0 Å². The fraction of sp³-hybridized carbons (Fsp3) is 0.538. The highest BCUT2D eigenvalue weighted by Crippen LogP contribution is 2.14. The van der Waals surface area contributed by atoms with Crippen molar-refractivity contribution in [1.82, 2.24) is 4.98 Å². The zero-order valence-corrected chi connectivity index (χ0v) is 9.32. The van der Waals surface area contributed by atoms with Crippen LogP contribution in [0.5, 0.6) is 0 Å². The fourth-order valence-corrected chi connectivity index (χ4v) is 1.61. The zero-order chi connectivity index (χ0) is 10.9. The van der Waals surface area contributed by atoms with E-state index in [2.05, 4.69) is 24.0 Å². The lowest BCUT2D eigenvalue weighted by atomic mass is 9.96. The van der Waals surface area contributed by atoms with E-state index in [-0.39, 0.29) is 5.92 Å². The number of hydrogen-bond acceptors (Lipinski definition) is 2. The molecule has 0 bridgehead atoms. The van der Waals surface area contributed by atoms with Crippen LogP contribution in [-0.2, 0) is 6.42 Å². The van der Waals surface area contributed by atoms with Crippen molar-refractivity contribution in [2.75, 3.05) is 0 Å². The van der Waals surface area contributed by atoms with Crippen LogP contribution in [0.3, 0.4) is 0 Å². The Hall–Kier alpha value is -1.36. The highest BCUT2D eigenvalue weighted by atomic mass is 14.6. The summed E-state index contributed by atoms with van der Waals surface area (Å²) in [6.45, 7) is 2.16. The lowest BCUT2D eigenvalue weighted by Crippen LogP contribution is -1.99. The molecule has 0 spiro atoms. The average molecular weight is 202 g/mol. The van der Waals surface area contributed by atoms with Gasteiger partial charge in [-0.2, -0.15) is 5.26 Å². The molecule has 1 heterocycles. The topological polar surface area (TPSA) is 36.7 Å². The molecular formula is C13H18N2. The Morgan fingerprint density at radius 2 is 2.33 bits per heavy atom. The first-order valence-electron chi connectivity index (χ1n) is 5.65.